The van der Waals surface area contributed by atoms with Crippen molar-refractivity contribution >= 4 is 54.7 Å². The highest BCUT2D eigenvalue weighted by atomic mass is 32.2. The first kappa shape index (κ1) is 27.0. The molecule has 0 bridgehead atoms. The van der Waals surface area contributed by atoms with E-state index in [0.29, 0.717) is 10.9 Å². The van der Waals surface area contributed by atoms with E-state index in [0.717, 1.165) is 0 Å². The van der Waals surface area contributed by atoms with E-state index in [9.17, 15) is 43.3 Å². The first-order valence-corrected chi connectivity index (χ1v) is 13.0. The van der Waals surface area contributed by atoms with E-state index in [1.54, 1.807) is 0 Å². The summed E-state index contributed by atoms with van der Waals surface area (Å²) in [6.45, 7) is 0. The van der Waals surface area contributed by atoms with Gasteiger partial charge in [0.25, 0.3) is 5.69 Å². The first-order valence-electron chi connectivity index (χ1n) is 8.24. The average molecular weight is 504 g/mol. The van der Waals surface area contributed by atoms with Crippen molar-refractivity contribution in [3.8, 4) is 0 Å². The Kier molecular flexibility index (Phi) is 9.77. The van der Waals surface area contributed by atoms with E-state index in [2.05, 4.69) is 54.5 Å². The lowest BCUT2D eigenvalue weighted by atomic mass is 10.2. The Labute approximate surface area is 189 Å². The fourth-order valence-electron chi connectivity index (χ4n) is 2.27. The molecule has 0 heterocycles. The molecule has 0 aromatic heterocycles. The Morgan fingerprint density at radius 3 is 1.72 bits per heavy atom. The van der Waals surface area contributed by atoms with Crippen LogP contribution < -0.4 is 0 Å². The van der Waals surface area contributed by atoms with Crippen LogP contribution in [0.15, 0.2) is 52.8 Å². The molecule has 0 saturated heterocycles. The number of rotatable bonds is 7. The van der Waals surface area contributed by atoms with Gasteiger partial charge in [0.1, 0.15) is 28.0 Å². The highest BCUT2D eigenvalue weighted by molar-refractivity contribution is 8.09. The number of nitrogens with zero attached hydrogens (tertiary/aromatic N) is 3. The molecule has 2 rings (SSSR count). The number of benzene rings is 2. The van der Waals surface area contributed by atoms with Gasteiger partial charge in [-0.15, -0.1) is 11.8 Å². The Bertz CT molecular complexity index is 1120. The summed E-state index contributed by atoms with van der Waals surface area (Å²) in [7, 11) is -5.18. The highest BCUT2D eigenvalue weighted by Gasteiger charge is 2.34. The van der Waals surface area contributed by atoms with Crippen LogP contribution in [0.2, 0.25) is 0 Å². The van der Waals surface area contributed by atoms with Gasteiger partial charge in [0.2, 0.25) is 4.90 Å². The van der Waals surface area contributed by atoms with Crippen molar-refractivity contribution in [3.63, 3.8) is 0 Å². The second-order valence-electron chi connectivity index (χ2n) is 5.97. The van der Waals surface area contributed by atoms with Crippen LogP contribution in [0.1, 0.15) is 5.56 Å². The standard InChI is InChI=1S/C11H15S2.C6H3N3O9S/c1-12-11(9-13(2)3)10-7-5-4-6-8-10;10-7(11)3-1-4(8(12)13)6(19(16,17)18)5(2-3)9(14)15/h4-9H,1-3H3;1-2H,(H,16,17,18)/q+1;/p-1/b11-9+;. The molecule has 0 radical (unpaired) electrons. The van der Waals surface area contributed by atoms with Gasteiger partial charge in [0.15, 0.2) is 0 Å². The largest absolute Gasteiger partial charge is 0.744 e. The molecule has 32 heavy (non-hydrogen) atoms. The molecular weight excluding hydrogens is 486 g/mol. The fraction of sp³-hybridized carbons (Fsp3) is 0.176. The zero-order valence-electron chi connectivity index (χ0n) is 16.9. The molecule has 0 aliphatic carbocycles. The molecule has 0 atom stereocenters. The van der Waals surface area contributed by atoms with Crippen molar-refractivity contribution in [3.05, 3.63) is 83.8 Å². The molecule has 12 nitrogen and oxygen atoms in total. The normalized spacial score (nSPS) is 11.5. The van der Waals surface area contributed by atoms with Crippen LogP contribution in [0.4, 0.5) is 17.1 Å². The smallest absolute Gasteiger partial charge is 0.300 e. The van der Waals surface area contributed by atoms with Crippen LogP contribution in [0, 0.1) is 30.3 Å². The maximum absolute atomic E-state index is 10.8. The van der Waals surface area contributed by atoms with E-state index in [1.807, 2.05) is 11.8 Å². The molecule has 0 amide bonds. The lowest BCUT2D eigenvalue weighted by Gasteiger charge is -2.07. The summed E-state index contributed by atoms with van der Waals surface area (Å²) in [6, 6.07) is 10.9. The summed E-state index contributed by atoms with van der Waals surface area (Å²) in [5, 5.41) is 33.9. The van der Waals surface area contributed by atoms with Crippen molar-refractivity contribution < 1.29 is 27.7 Å². The third-order valence-electron chi connectivity index (χ3n) is 3.51. The second-order valence-corrected chi connectivity index (χ2v) is 10.1. The molecule has 2 aromatic rings. The summed E-state index contributed by atoms with van der Waals surface area (Å²) in [5.41, 5.74) is -2.78. The number of nitro groups is 3. The maximum Gasteiger partial charge on any atom is 0.300 e. The molecular formula is C17H17N3O9S3. The predicted octanol–water partition coefficient (Wildman–Crippen LogP) is 3.54. The minimum absolute atomic E-state index is 0.164. The SMILES string of the molecule is CS/C(=C/[S+](C)C)c1ccccc1.O=[N+]([O-])c1cc([N+](=O)[O-])c(S(=O)(=O)[O-])c([N+](=O)[O-])c1. The Balaban J connectivity index is 0.000000343. The molecule has 0 fully saturated rings. The van der Waals surface area contributed by atoms with Gasteiger partial charge in [-0.1, -0.05) is 30.3 Å². The highest BCUT2D eigenvalue weighted by Crippen LogP contribution is 2.36. The molecule has 172 valence electrons. The Hall–Kier alpha value is -3.01. The summed E-state index contributed by atoms with van der Waals surface area (Å²) >= 11 is 1.82. The monoisotopic (exact) mass is 503 g/mol. The fourth-order valence-corrected chi connectivity index (χ4v) is 4.94. The van der Waals surface area contributed by atoms with Crippen LogP contribution in [-0.4, -0.2) is 46.5 Å². The lowest BCUT2D eigenvalue weighted by Crippen LogP contribution is -2.08. The quantitative estimate of drug-likeness (QED) is 0.234. The molecule has 15 heteroatoms. The van der Waals surface area contributed by atoms with E-state index < -0.39 is 46.8 Å². The lowest BCUT2D eigenvalue weighted by molar-refractivity contribution is -0.407. The van der Waals surface area contributed by atoms with Crippen molar-refractivity contribution in [2.75, 3.05) is 18.8 Å². The van der Waals surface area contributed by atoms with Crippen LogP contribution >= 0.6 is 11.8 Å². The van der Waals surface area contributed by atoms with E-state index in [1.165, 1.54) is 10.5 Å². The van der Waals surface area contributed by atoms with Gasteiger partial charge in [0.05, 0.1) is 31.8 Å². The van der Waals surface area contributed by atoms with Crippen LogP contribution in [0.3, 0.4) is 0 Å². The summed E-state index contributed by atoms with van der Waals surface area (Å²) < 4.78 is 32.5. The van der Waals surface area contributed by atoms with Gasteiger partial charge in [-0.25, -0.2) is 8.42 Å². The summed E-state index contributed by atoms with van der Waals surface area (Å²) in [4.78, 5) is 27.2. The van der Waals surface area contributed by atoms with Gasteiger partial charge in [-0.2, -0.15) is 0 Å². The van der Waals surface area contributed by atoms with Crippen molar-refractivity contribution in [2.45, 2.75) is 4.90 Å². The average Bonchev–Trinajstić information content (AvgIpc) is 2.71. The van der Waals surface area contributed by atoms with Crippen molar-refractivity contribution in [1.29, 1.82) is 0 Å². The summed E-state index contributed by atoms with van der Waals surface area (Å²) in [5.74, 6) is 0. The Morgan fingerprint density at radius 2 is 1.41 bits per heavy atom. The maximum atomic E-state index is 10.8. The molecule has 0 N–H and O–H groups in total. The van der Waals surface area contributed by atoms with Gasteiger partial charge < -0.3 is 4.55 Å². The predicted molar refractivity (Wildman–Crippen MR) is 122 cm³/mol. The van der Waals surface area contributed by atoms with Crippen LogP contribution in [0.5, 0.6) is 0 Å². The van der Waals surface area contributed by atoms with Crippen molar-refractivity contribution in [2.24, 2.45) is 0 Å². The second kappa shape index (κ2) is 11.6. The van der Waals surface area contributed by atoms with Crippen LogP contribution in [0.25, 0.3) is 4.91 Å². The number of hydrogen-bond donors (Lipinski definition) is 0. The third kappa shape index (κ3) is 7.60. The molecule has 0 unspecified atom stereocenters. The Morgan fingerprint density at radius 1 is 0.938 bits per heavy atom. The minimum atomic E-state index is -5.55. The van der Waals surface area contributed by atoms with Gasteiger partial charge in [0, 0.05) is 10.9 Å². The molecule has 2 aromatic carbocycles. The third-order valence-corrected chi connectivity index (χ3v) is 6.08. The van der Waals surface area contributed by atoms with E-state index in [4.69, 9.17) is 0 Å². The summed E-state index contributed by atoms with van der Waals surface area (Å²) in [6.07, 6.45) is 6.60. The topological polar surface area (TPSA) is 187 Å². The number of thioether (sulfide) groups is 1. The van der Waals surface area contributed by atoms with Gasteiger partial charge >= 0.3 is 11.4 Å². The number of hydrogen-bond acceptors (Lipinski definition) is 10. The van der Waals surface area contributed by atoms with Crippen LogP contribution in [-0.2, 0) is 21.0 Å². The molecule has 0 aliphatic heterocycles. The van der Waals surface area contributed by atoms with Crippen molar-refractivity contribution in [1.82, 2.24) is 0 Å². The number of non-ortho nitro benzene ring substituents is 1. The molecule has 0 saturated carbocycles. The first-order chi connectivity index (χ1) is 14.8. The number of nitro benzene ring substituents is 3. The van der Waals surface area contributed by atoms with E-state index in [-0.39, 0.29) is 12.1 Å². The minimum Gasteiger partial charge on any atom is -0.744 e. The van der Waals surface area contributed by atoms with E-state index >= 15 is 0 Å². The van der Waals surface area contributed by atoms with Gasteiger partial charge in [-0.05, 0) is 11.8 Å². The molecule has 0 spiro atoms. The zero-order chi connectivity index (χ0) is 24.6. The molecule has 0 aliphatic rings. The zero-order valence-corrected chi connectivity index (χ0v) is 19.3. The van der Waals surface area contributed by atoms with Gasteiger partial charge in [-0.3, -0.25) is 30.3 Å².